The molecule has 5 nitrogen and oxygen atoms in total. The topological polar surface area (TPSA) is 72.3 Å². The van der Waals surface area contributed by atoms with Crippen LogP contribution in [0, 0.1) is 6.92 Å². The molecule has 0 radical (unpaired) electrons. The molecule has 0 atom stereocenters. The van der Waals surface area contributed by atoms with Gasteiger partial charge in [0.2, 0.25) is 5.88 Å². The van der Waals surface area contributed by atoms with Gasteiger partial charge in [0.05, 0.1) is 0 Å². The number of benzene rings is 1. The lowest BCUT2D eigenvalue weighted by molar-refractivity contribution is 0.0689. The number of hydrogen-bond acceptors (Lipinski definition) is 4. The Bertz CT molecular complexity index is 584. The molecule has 18 heavy (non-hydrogen) atoms. The van der Waals surface area contributed by atoms with E-state index in [9.17, 15) is 4.79 Å². The number of carboxylic acid groups (broad SMARTS) is 1. The zero-order chi connectivity index (χ0) is 13.1. The van der Waals surface area contributed by atoms with Crippen LogP contribution in [-0.4, -0.2) is 21.3 Å². The maximum Gasteiger partial charge on any atom is 0.356 e. The Balaban J connectivity index is 2.23. The number of aromatic nitrogens is 2. The highest BCUT2D eigenvalue weighted by Crippen LogP contribution is 2.26. The van der Waals surface area contributed by atoms with Crippen molar-refractivity contribution in [1.82, 2.24) is 10.2 Å². The number of aromatic carboxylic acids is 1. The van der Waals surface area contributed by atoms with Crippen molar-refractivity contribution in [3.05, 3.63) is 46.6 Å². The summed E-state index contributed by atoms with van der Waals surface area (Å²) < 4.78 is 5.47. The number of ether oxygens (including phenoxy) is 1. The number of rotatable bonds is 3. The van der Waals surface area contributed by atoms with Gasteiger partial charge in [0.25, 0.3) is 0 Å². The lowest BCUT2D eigenvalue weighted by Gasteiger charge is -2.07. The van der Waals surface area contributed by atoms with Crippen molar-refractivity contribution in [2.45, 2.75) is 6.92 Å². The second-order valence-electron chi connectivity index (χ2n) is 3.57. The first-order chi connectivity index (χ1) is 8.56. The van der Waals surface area contributed by atoms with Gasteiger partial charge in [-0.15, -0.1) is 10.2 Å². The molecule has 0 amide bonds. The number of nitrogens with zero attached hydrogens (tertiary/aromatic N) is 2. The van der Waals surface area contributed by atoms with Crippen LogP contribution in [0.2, 0.25) is 5.02 Å². The summed E-state index contributed by atoms with van der Waals surface area (Å²) in [5.41, 5.74) is 0.758. The second kappa shape index (κ2) is 5.01. The zero-order valence-corrected chi connectivity index (χ0v) is 10.2. The fourth-order valence-electron chi connectivity index (χ4n) is 1.29. The molecule has 2 aromatic rings. The number of carbonyl (C=O) groups is 1. The minimum absolute atomic E-state index is 0.134. The standard InChI is InChI=1S/C12H9ClN2O3/c1-7-2-3-8(13)6-10(7)18-11-5-4-9(12(16)17)14-15-11/h2-6H,1H3,(H,16,17). The van der Waals surface area contributed by atoms with Crippen LogP contribution >= 0.6 is 11.6 Å². The Morgan fingerprint density at radius 2 is 2.06 bits per heavy atom. The van der Waals surface area contributed by atoms with Gasteiger partial charge < -0.3 is 9.84 Å². The quantitative estimate of drug-likeness (QED) is 0.923. The number of halogens is 1. The van der Waals surface area contributed by atoms with Gasteiger partial charge in [0.15, 0.2) is 5.69 Å². The number of hydrogen-bond donors (Lipinski definition) is 1. The average Bonchev–Trinajstić information content (AvgIpc) is 2.34. The summed E-state index contributed by atoms with van der Waals surface area (Å²) in [5, 5.41) is 16.4. The molecule has 1 heterocycles. The fourth-order valence-corrected chi connectivity index (χ4v) is 1.45. The van der Waals surface area contributed by atoms with E-state index in [4.69, 9.17) is 21.4 Å². The highest BCUT2D eigenvalue weighted by Gasteiger charge is 2.07. The van der Waals surface area contributed by atoms with Gasteiger partial charge in [-0.05, 0) is 30.7 Å². The first-order valence-electron chi connectivity index (χ1n) is 5.07. The molecule has 0 saturated carbocycles. The highest BCUT2D eigenvalue weighted by molar-refractivity contribution is 6.30. The summed E-state index contributed by atoms with van der Waals surface area (Å²) in [6, 6.07) is 7.99. The van der Waals surface area contributed by atoms with E-state index >= 15 is 0 Å². The van der Waals surface area contributed by atoms with E-state index in [0.29, 0.717) is 10.8 Å². The van der Waals surface area contributed by atoms with Crippen LogP contribution in [0.3, 0.4) is 0 Å². The summed E-state index contributed by atoms with van der Waals surface area (Å²) in [5.74, 6) is -0.363. The summed E-state index contributed by atoms with van der Waals surface area (Å²) in [6.45, 7) is 1.87. The number of aryl methyl sites for hydroxylation is 1. The Morgan fingerprint density at radius 1 is 1.28 bits per heavy atom. The monoisotopic (exact) mass is 264 g/mol. The van der Waals surface area contributed by atoms with Gasteiger partial charge >= 0.3 is 5.97 Å². The molecule has 0 bridgehead atoms. The lowest BCUT2D eigenvalue weighted by Crippen LogP contribution is -2.02. The largest absolute Gasteiger partial charge is 0.476 e. The minimum Gasteiger partial charge on any atom is -0.476 e. The van der Waals surface area contributed by atoms with Crippen molar-refractivity contribution in [2.24, 2.45) is 0 Å². The van der Waals surface area contributed by atoms with Crippen molar-refractivity contribution in [3.63, 3.8) is 0 Å². The van der Waals surface area contributed by atoms with E-state index in [1.54, 1.807) is 12.1 Å². The summed E-state index contributed by atoms with van der Waals surface area (Å²) in [6.07, 6.45) is 0. The molecule has 92 valence electrons. The van der Waals surface area contributed by atoms with Crippen molar-refractivity contribution in [2.75, 3.05) is 0 Å². The lowest BCUT2D eigenvalue weighted by atomic mass is 10.2. The third-order valence-corrected chi connectivity index (χ3v) is 2.46. The molecular formula is C12H9ClN2O3. The summed E-state index contributed by atoms with van der Waals surface area (Å²) in [7, 11) is 0. The van der Waals surface area contributed by atoms with Gasteiger partial charge in [-0.3, -0.25) is 0 Å². The predicted octanol–water partition coefficient (Wildman–Crippen LogP) is 2.93. The van der Waals surface area contributed by atoms with E-state index in [1.807, 2.05) is 13.0 Å². The fraction of sp³-hybridized carbons (Fsp3) is 0.0833. The van der Waals surface area contributed by atoms with Crippen LogP contribution in [0.5, 0.6) is 11.6 Å². The molecule has 0 unspecified atom stereocenters. The molecule has 0 aliphatic heterocycles. The van der Waals surface area contributed by atoms with E-state index < -0.39 is 5.97 Å². The molecule has 1 aromatic heterocycles. The molecule has 1 aromatic carbocycles. The van der Waals surface area contributed by atoms with Gasteiger partial charge in [-0.2, -0.15) is 0 Å². The molecule has 0 aliphatic carbocycles. The van der Waals surface area contributed by atoms with E-state index in [0.717, 1.165) is 5.56 Å². The minimum atomic E-state index is -1.13. The Morgan fingerprint density at radius 3 is 2.67 bits per heavy atom. The van der Waals surface area contributed by atoms with Gasteiger partial charge in [-0.1, -0.05) is 17.7 Å². The SMILES string of the molecule is Cc1ccc(Cl)cc1Oc1ccc(C(=O)O)nn1. The van der Waals surface area contributed by atoms with Crippen LogP contribution in [0.1, 0.15) is 16.1 Å². The van der Waals surface area contributed by atoms with E-state index in [2.05, 4.69) is 10.2 Å². The Labute approximate surface area is 108 Å². The molecule has 2 rings (SSSR count). The van der Waals surface area contributed by atoms with Crippen LogP contribution in [-0.2, 0) is 0 Å². The molecule has 0 saturated heterocycles. The Kier molecular flexibility index (Phi) is 3.43. The molecular weight excluding hydrogens is 256 g/mol. The molecule has 6 heteroatoms. The highest BCUT2D eigenvalue weighted by atomic mass is 35.5. The zero-order valence-electron chi connectivity index (χ0n) is 9.42. The van der Waals surface area contributed by atoms with Crippen LogP contribution in [0.15, 0.2) is 30.3 Å². The van der Waals surface area contributed by atoms with Crippen molar-refractivity contribution in [1.29, 1.82) is 0 Å². The molecule has 0 aliphatic rings. The number of carboxylic acids is 1. The van der Waals surface area contributed by atoms with Gasteiger partial charge in [0.1, 0.15) is 5.75 Å². The van der Waals surface area contributed by atoms with Gasteiger partial charge in [-0.25, -0.2) is 4.79 Å². The first kappa shape index (κ1) is 12.3. The van der Waals surface area contributed by atoms with Crippen molar-refractivity contribution < 1.29 is 14.6 Å². The van der Waals surface area contributed by atoms with Crippen molar-refractivity contribution >= 4 is 17.6 Å². The van der Waals surface area contributed by atoms with E-state index in [1.165, 1.54) is 12.1 Å². The predicted molar refractivity (Wildman–Crippen MR) is 65.3 cm³/mol. The average molecular weight is 265 g/mol. The normalized spacial score (nSPS) is 10.1. The second-order valence-corrected chi connectivity index (χ2v) is 4.01. The van der Waals surface area contributed by atoms with Crippen LogP contribution in [0.4, 0.5) is 0 Å². The maximum atomic E-state index is 10.6. The molecule has 1 N–H and O–H groups in total. The smallest absolute Gasteiger partial charge is 0.356 e. The maximum absolute atomic E-state index is 10.6. The third-order valence-electron chi connectivity index (χ3n) is 2.22. The van der Waals surface area contributed by atoms with Crippen molar-refractivity contribution in [3.8, 4) is 11.6 Å². The van der Waals surface area contributed by atoms with E-state index in [-0.39, 0.29) is 11.6 Å². The molecule has 0 fully saturated rings. The summed E-state index contributed by atoms with van der Waals surface area (Å²) >= 11 is 5.86. The first-order valence-corrected chi connectivity index (χ1v) is 5.45. The molecule has 0 spiro atoms. The van der Waals surface area contributed by atoms with Crippen LogP contribution in [0.25, 0.3) is 0 Å². The Hall–Kier alpha value is -2.14. The summed E-state index contributed by atoms with van der Waals surface area (Å²) in [4.78, 5) is 10.6. The van der Waals surface area contributed by atoms with Crippen LogP contribution < -0.4 is 4.74 Å². The third kappa shape index (κ3) is 2.75. The van der Waals surface area contributed by atoms with Gasteiger partial charge in [0, 0.05) is 11.1 Å².